The van der Waals surface area contributed by atoms with Crippen LogP contribution in [0.5, 0.6) is 11.5 Å². The zero-order valence-electron chi connectivity index (χ0n) is 15.0. The largest absolute Gasteiger partial charge is 0.493 e. The molecule has 1 aromatic carbocycles. The lowest BCUT2D eigenvalue weighted by atomic mass is 10.2. The van der Waals surface area contributed by atoms with Crippen molar-refractivity contribution in [3.05, 3.63) is 53.6 Å². The number of aromatic nitrogens is 4. The van der Waals surface area contributed by atoms with E-state index in [9.17, 15) is 4.79 Å². The molecule has 0 atom stereocenters. The first-order valence-corrected chi connectivity index (χ1v) is 7.91. The maximum absolute atomic E-state index is 12.4. The number of benzene rings is 1. The molecule has 0 unspecified atom stereocenters. The van der Waals surface area contributed by atoms with Gasteiger partial charge in [-0.1, -0.05) is 0 Å². The molecule has 134 valence electrons. The average Bonchev–Trinajstić information content (AvgIpc) is 2.99. The Labute approximate surface area is 150 Å². The third kappa shape index (κ3) is 3.49. The number of methoxy groups -OCH3 is 2. The molecule has 8 heteroatoms. The summed E-state index contributed by atoms with van der Waals surface area (Å²) < 4.78 is 12.0. The number of ether oxygens (including phenoxy) is 2. The highest BCUT2D eigenvalue weighted by Crippen LogP contribution is 2.27. The van der Waals surface area contributed by atoms with Crippen LogP contribution < -0.4 is 14.8 Å². The van der Waals surface area contributed by atoms with Gasteiger partial charge in [0.25, 0.3) is 11.9 Å². The number of nitrogens with zero attached hydrogens (tertiary/aromatic N) is 4. The minimum Gasteiger partial charge on any atom is -0.493 e. The van der Waals surface area contributed by atoms with Crippen molar-refractivity contribution < 1.29 is 14.3 Å². The summed E-state index contributed by atoms with van der Waals surface area (Å²) >= 11 is 0. The highest BCUT2D eigenvalue weighted by atomic mass is 16.5. The van der Waals surface area contributed by atoms with Crippen LogP contribution in [0, 0.1) is 13.8 Å². The van der Waals surface area contributed by atoms with Crippen molar-refractivity contribution in [3.8, 4) is 17.4 Å². The number of hydrogen-bond donors (Lipinski definition) is 1. The first-order chi connectivity index (χ1) is 12.5. The van der Waals surface area contributed by atoms with Gasteiger partial charge in [0.05, 0.1) is 38.0 Å². The van der Waals surface area contributed by atoms with Crippen LogP contribution in [0.25, 0.3) is 5.95 Å². The number of nitrogens with one attached hydrogen (secondary N) is 1. The van der Waals surface area contributed by atoms with Crippen LogP contribution >= 0.6 is 0 Å². The Morgan fingerprint density at radius 2 is 1.73 bits per heavy atom. The van der Waals surface area contributed by atoms with E-state index in [-0.39, 0.29) is 5.91 Å². The fourth-order valence-electron chi connectivity index (χ4n) is 2.51. The van der Waals surface area contributed by atoms with Gasteiger partial charge in [0.1, 0.15) is 0 Å². The molecule has 1 amide bonds. The standard InChI is InChI=1S/C18H19N5O3/c1-11-7-12(2)23(22-11)18-19-9-14(10-20-18)21-17(24)13-5-6-15(25-3)16(8-13)26-4/h5-10H,1-4H3,(H,21,24). The van der Waals surface area contributed by atoms with Gasteiger partial charge in [-0.3, -0.25) is 4.79 Å². The Hall–Kier alpha value is -3.42. The van der Waals surface area contributed by atoms with Crippen LogP contribution in [0.1, 0.15) is 21.7 Å². The second kappa shape index (κ2) is 7.22. The zero-order valence-corrected chi connectivity index (χ0v) is 15.0. The molecule has 0 aliphatic carbocycles. The van der Waals surface area contributed by atoms with Gasteiger partial charge >= 0.3 is 0 Å². The van der Waals surface area contributed by atoms with Crippen molar-refractivity contribution in [1.29, 1.82) is 0 Å². The number of carbonyl (C=O) groups is 1. The van der Waals surface area contributed by atoms with E-state index in [4.69, 9.17) is 9.47 Å². The van der Waals surface area contributed by atoms with Crippen molar-refractivity contribution in [2.45, 2.75) is 13.8 Å². The van der Waals surface area contributed by atoms with Crippen molar-refractivity contribution in [3.63, 3.8) is 0 Å². The van der Waals surface area contributed by atoms with E-state index in [1.54, 1.807) is 30.0 Å². The maximum Gasteiger partial charge on any atom is 0.255 e. The topological polar surface area (TPSA) is 91.2 Å². The molecule has 8 nitrogen and oxygen atoms in total. The highest BCUT2D eigenvalue weighted by molar-refractivity contribution is 6.04. The zero-order chi connectivity index (χ0) is 18.7. The molecule has 0 fully saturated rings. The van der Waals surface area contributed by atoms with E-state index in [1.165, 1.54) is 19.5 Å². The van der Waals surface area contributed by atoms with E-state index < -0.39 is 0 Å². The van der Waals surface area contributed by atoms with Gasteiger partial charge in [-0.15, -0.1) is 0 Å². The SMILES string of the molecule is COc1ccc(C(=O)Nc2cnc(-n3nc(C)cc3C)nc2)cc1OC. The Bertz CT molecular complexity index is 934. The van der Waals surface area contributed by atoms with Crippen molar-refractivity contribution >= 4 is 11.6 Å². The van der Waals surface area contributed by atoms with Gasteiger partial charge < -0.3 is 14.8 Å². The summed E-state index contributed by atoms with van der Waals surface area (Å²) in [5.41, 5.74) is 2.74. The molecule has 26 heavy (non-hydrogen) atoms. The summed E-state index contributed by atoms with van der Waals surface area (Å²) in [6.07, 6.45) is 3.08. The fourth-order valence-corrected chi connectivity index (χ4v) is 2.51. The first kappa shape index (κ1) is 17.4. The van der Waals surface area contributed by atoms with Gasteiger partial charge in [-0.2, -0.15) is 5.10 Å². The van der Waals surface area contributed by atoms with Crippen molar-refractivity contribution in [1.82, 2.24) is 19.7 Å². The number of hydrogen-bond acceptors (Lipinski definition) is 6. The Kier molecular flexibility index (Phi) is 4.83. The lowest BCUT2D eigenvalue weighted by molar-refractivity contribution is 0.102. The molecule has 0 aliphatic heterocycles. The second-order valence-corrected chi connectivity index (χ2v) is 5.63. The van der Waals surface area contributed by atoms with Gasteiger partial charge in [-0.05, 0) is 38.1 Å². The lowest BCUT2D eigenvalue weighted by Crippen LogP contribution is -2.13. The fraction of sp³-hybridized carbons (Fsp3) is 0.222. The Morgan fingerprint density at radius 1 is 1.04 bits per heavy atom. The molecule has 1 N–H and O–H groups in total. The van der Waals surface area contributed by atoms with Crippen molar-refractivity contribution in [2.24, 2.45) is 0 Å². The van der Waals surface area contributed by atoms with Gasteiger partial charge in [0, 0.05) is 11.3 Å². The molecule has 0 saturated heterocycles. The summed E-state index contributed by atoms with van der Waals surface area (Å²) in [5, 5.41) is 7.09. The molecule has 0 spiro atoms. The third-order valence-electron chi connectivity index (χ3n) is 3.74. The molecule has 3 aromatic rings. The lowest BCUT2D eigenvalue weighted by Gasteiger charge is -2.10. The summed E-state index contributed by atoms with van der Waals surface area (Å²) in [7, 11) is 3.06. The molecule has 0 bridgehead atoms. The normalized spacial score (nSPS) is 10.5. The van der Waals surface area contributed by atoms with Gasteiger partial charge in [0.15, 0.2) is 11.5 Å². The molecular weight excluding hydrogens is 334 g/mol. The van der Waals surface area contributed by atoms with Crippen molar-refractivity contribution in [2.75, 3.05) is 19.5 Å². The van der Waals surface area contributed by atoms with Gasteiger partial charge in [0.2, 0.25) is 0 Å². The minimum absolute atomic E-state index is 0.298. The summed E-state index contributed by atoms with van der Waals surface area (Å²) in [4.78, 5) is 20.9. The molecular formula is C18H19N5O3. The summed E-state index contributed by atoms with van der Waals surface area (Å²) in [6.45, 7) is 3.83. The summed E-state index contributed by atoms with van der Waals surface area (Å²) in [6, 6.07) is 6.88. The monoisotopic (exact) mass is 353 g/mol. The van der Waals surface area contributed by atoms with Crippen LogP contribution in [0.3, 0.4) is 0 Å². The molecule has 3 rings (SSSR count). The number of aryl methyl sites for hydroxylation is 2. The Balaban J connectivity index is 1.77. The highest BCUT2D eigenvalue weighted by Gasteiger charge is 2.12. The average molecular weight is 353 g/mol. The van der Waals surface area contributed by atoms with E-state index in [1.807, 2.05) is 19.9 Å². The Morgan fingerprint density at radius 3 is 2.31 bits per heavy atom. The number of rotatable bonds is 5. The molecule has 0 aliphatic rings. The maximum atomic E-state index is 12.4. The smallest absolute Gasteiger partial charge is 0.255 e. The van der Waals surface area contributed by atoms with Crippen LogP contribution in [0.2, 0.25) is 0 Å². The van der Waals surface area contributed by atoms with E-state index in [2.05, 4.69) is 20.4 Å². The minimum atomic E-state index is -0.298. The number of amides is 1. The number of carbonyl (C=O) groups excluding carboxylic acids is 1. The predicted molar refractivity (Wildman–Crippen MR) is 96.1 cm³/mol. The van der Waals surface area contributed by atoms with E-state index >= 15 is 0 Å². The number of anilines is 1. The third-order valence-corrected chi connectivity index (χ3v) is 3.74. The van der Waals surface area contributed by atoms with Crippen LogP contribution in [0.15, 0.2) is 36.7 Å². The van der Waals surface area contributed by atoms with Crippen LogP contribution in [-0.2, 0) is 0 Å². The second-order valence-electron chi connectivity index (χ2n) is 5.63. The van der Waals surface area contributed by atoms with E-state index in [0.29, 0.717) is 28.7 Å². The quantitative estimate of drug-likeness (QED) is 0.758. The molecule has 0 radical (unpaired) electrons. The summed E-state index contributed by atoms with van der Waals surface area (Å²) in [5.74, 6) is 1.19. The van der Waals surface area contributed by atoms with Crippen LogP contribution in [-0.4, -0.2) is 39.9 Å². The first-order valence-electron chi connectivity index (χ1n) is 7.91. The molecule has 0 saturated carbocycles. The van der Waals surface area contributed by atoms with Crippen LogP contribution in [0.4, 0.5) is 5.69 Å². The molecule has 2 aromatic heterocycles. The van der Waals surface area contributed by atoms with E-state index in [0.717, 1.165) is 11.4 Å². The molecule has 2 heterocycles. The van der Waals surface area contributed by atoms with Gasteiger partial charge in [-0.25, -0.2) is 14.6 Å². The predicted octanol–water partition coefficient (Wildman–Crippen LogP) is 2.55.